The minimum atomic E-state index is 0. The fourth-order valence-corrected chi connectivity index (χ4v) is 1.01. The molecule has 0 heterocycles. The average molecular weight is 489 g/mol. The van der Waals surface area contributed by atoms with Crippen LogP contribution >= 0.6 is 22.6 Å². The lowest BCUT2D eigenvalue weighted by molar-refractivity contribution is -0.0544. The Kier molecular flexibility index (Phi) is 61.9. The number of hydrogen-bond donors (Lipinski definition) is 1. The summed E-state index contributed by atoms with van der Waals surface area (Å²) in [6, 6.07) is 1.94. The molecule has 0 spiro atoms. The Bertz CT molecular complexity index is 259. The summed E-state index contributed by atoms with van der Waals surface area (Å²) in [5, 5.41) is 8.10. The predicted molar refractivity (Wildman–Crippen MR) is 117 cm³/mol. The van der Waals surface area contributed by atoms with E-state index in [0.29, 0.717) is 46.1 Å². The smallest absolute Gasteiger partial charge is 0.237 e. The van der Waals surface area contributed by atoms with Crippen LogP contribution < -0.4 is 5.73 Å². The second kappa shape index (κ2) is 44.2. The number of nitrogens with zero attached hydrogens (tertiary/aromatic N) is 2. The van der Waals surface area contributed by atoms with Crippen LogP contribution in [0.1, 0.15) is 47.5 Å². The summed E-state index contributed by atoms with van der Waals surface area (Å²) >= 11 is 2.15. The second-order valence-electron chi connectivity index (χ2n) is 4.15. The largest absolute Gasteiger partial charge is 0.355 e. The molecule has 0 aromatic heterocycles. The van der Waals surface area contributed by atoms with Crippen LogP contribution in [0, 0.1) is 17.9 Å². The van der Waals surface area contributed by atoms with Crippen LogP contribution in [-0.4, -0.2) is 58.0 Å². The number of unbranched alkanes of at least 4 members (excludes halogenated alkanes) is 1. The van der Waals surface area contributed by atoms with E-state index in [9.17, 15) is 0 Å². The van der Waals surface area contributed by atoms with Crippen LogP contribution in [0.4, 0.5) is 0 Å². The van der Waals surface area contributed by atoms with Crippen LogP contribution in [0.5, 0.6) is 0 Å². The number of nitrogens with two attached hydrogens (primary N) is 1. The van der Waals surface area contributed by atoms with E-state index in [2.05, 4.69) is 34.4 Å². The third-order valence-corrected chi connectivity index (χ3v) is 2.17. The maximum Gasteiger partial charge on any atom is 0.237 e. The van der Waals surface area contributed by atoms with Gasteiger partial charge in [-0.1, -0.05) is 50.8 Å². The first kappa shape index (κ1) is 36.4. The molecule has 0 aliphatic carbocycles. The highest BCUT2D eigenvalue weighted by Gasteiger charge is 1.89. The molecule has 8 heteroatoms. The van der Waals surface area contributed by atoms with Gasteiger partial charge in [0.05, 0.1) is 25.7 Å². The highest BCUT2D eigenvalue weighted by molar-refractivity contribution is 14.1. The van der Waals surface area contributed by atoms with Crippen LogP contribution in [0.25, 0.3) is 4.85 Å². The number of halogens is 1. The van der Waals surface area contributed by atoms with Crippen molar-refractivity contribution in [2.75, 3.05) is 58.0 Å². The first-order valence-corrected chi connectivity index (χ1v) is 10.1. The van der Waals surface area contributed by atoms with E-state index in [-0.39, 0.29) is 21.6 Å². The summed E-state index contributed by atoms with van der Waals surface area (Å²) in [4.78, 5) is 5.06. The molecule has 0 aliphatic rings. The van der Waals surface area contributed by atoms with E-state index < -0.39 is 0 Å². The van der Waals surface area contributed by atoms with Gasteiger partial charge in [-0.3, -0.25) is 0 Å². The van der Waals surface area contributed by atoms with E-state index in [1.807, 2.05) is 11.0 Å². The van der Waals surface area contributed by atoms with Crippen LogP contribution in [0.3, 0.4) is 0 Å². The predicted octanol–water partition coefficient (Wildman–Crippen LogP) is 4.26. The molecule has 0 atom stereocenters. The third kappa shape index (κ3) is 49.5. The Balaban J connectivity index is -0.0000000962. The average Bonchev–Trinajstić information content (AvgIpc) is 2.63. The SMILES string of the molecule is C.C.CCCCOCOCCCN.CI.[C-]#[N+]CCOCOCCC#N. The fraction of sp³-hybridized carbons (Fsp3) is 0.889. The Hall–Kier alpha value is -0.490. The molecular weight excluding hydrogens is 449 g/mol. The van der Waals surface area contributed by atoms with Gasteiger partial charge < -0.3 is 29.5 Å². The maximum absolute atomic E-state index is 8.10. The van der Waals surface area contributed by atoms with E-state index in [0.717, 1.165) is 19.4 Å². The van der Waals surface area contributed by atoms with Crippen molar-refractivity contribution in [1.29, 1.82) is 5.26 Å². The first-order valence-electron chi connectivity index (χ1n) is 7.92. The summed E-state index contributed by atoms with van der Waals surface area (Å²) in [5.41, 5.74) is 5.27. The van der Waals surface area contributed by atoms with Crippen molar-refractivity contribution >= 4 is 22.6 Å². The van der Waals surface area contributed by atoms with Gasteiger partial charge in [0.1, 0.15) is 20.2 Å². The summed E-state index contributed by atoms with van der Waals surface area (Å²) < 4.78 is 20.0. The standard InChI is InChI=1S/C8H19NO2.C7H10N2O2.CH3I.2CH4/c1-2-3-6-10-8-11-7-4-5-9;1-9-4-6-11-7-10-5-2-3-8;1-2;;/h2-9H2,1H3;2,4-7H2;1H3;2*1H4. The van der Waals surface area contributed by atoms with Gasteiger partial charge in [0.15, 0.2) is 0 Å². The van der Waals surface area contributed by atoms with Crippen molar-refractivity contribution in [3.63, 3.8) is 0 Å². The number of nitriles is 1. The van der Waals surface area contributed by atoms with Crippen molar-refractivity contribution in [2.45, 2.75) is 47.5 Å². The van der Waals surface area contributed by atoms with Crippen molar-refractivity contribution in [2.24, 2.45) is 5.73 Å². The monoisotopic (exact) mass is 489 g/mol. The van der Waals surface area contributed by atoms with Crippen molar-refractivity contribution in [1.82, 2.24) is 0 Å². The first-order chi connectivity index (χ1) is 11.8. The van der Waals surface area contributed by atoms with Crippen molar-refractivity contribution in [3.8, 4) is 6.07 Å². The Morgan fingerprint density at radius 1 is 0.962 bits per heavy atom. The number of alkyl halides is 1. The van der Waals surface area contributed by atoms with Crippen molar-refractivity contribution < 1.29 is 18.9 Å². The zero-order chi connectivity index (χ0) is 18.7. The molecule has 0 aromatic rings. The Morgan fingerprint density at radius 2 is 1.46 bits per heavy atom. The van der Waals surface area contributed by atoms with Gasteiger partial charge in [-0.25, -0.2) is 6.57 Å². The van der Waals surface area contributed by atoms with E-state index in [1.54, 1.807) is 0 Å². The van der Waals surface area contributed by atoms with Gasteiger partial charge in [0, 0.05) is 6.61 Å². The van der Waals surface area contributed by atoms with Gasteiger partial charge in [-0.05, 0) is 24.3 Å². The van der Waals surface area contributed by atoms with Gasteiger partial charge in [0.25, 0.3) is 0 Å². The molecular formula is C18H40IN3O4. The third-order valence-electron chi connectivity index (χ3n) is 2.17. The van der Waals surface area contributed by atoms with Crippen molar-refractivity contribution in [3.05, 3.63) is 11.4 Å². The normalized spacial score (nSPS) is 8.23. The topological polar surface area (TPSA) is 91.1 Å². The molecule has 26 heavy (non-hydrogen) atoms. The van der Waals surface area contributed by atoms with Gasteiger partial charge in [-0.2, -0.15) is 5.26 Å². The molecule has 0 amide bonds. The molecule has 0 aliphatic heterocycles. The molecule has 0 saturated carbocycles. The summed E-state index contributed by atoms with van der Waals surface area (Å²) in [7, 11) is 0. The highest BCUT2D eigenvalue weighted by Crippen LogP contribution is 1.88. The molecule has 0 saturated heterocycles. The minimum absolute atomic E-state index is 0. The molecule has 0 fully saturated rings. The lowest BCUT2D eigenvalue weighted by Crippen LogP contribution is -2.07. The number of ether oxygens (including phenoxy) is 4. The molecule has 0 bridgehead atoms. The number of rotatable bonds is 14. The summed E-state index contributed by atoms with van der Waals surface area (Å²) in [6.45, 7) is 12.5. The van der Waals surface area contributed by atoms with E-state index in [4.69, 9.17) is 36.5 Å². The van der Waals surface area contributed by atoms with Crippen LogP contribution in [0.2, 0.25) is 0 Å². The van der Waals surface area contributed by atoms with E-state index in [1.165, 1.54) is 6.42 Å². The van der Waals surface area contributed by atoms with Gasteiger partial charge in [0.2, 0.25) is 6.54 Å². The van der Waals surface area contributed by atoms with Gasteiger partial charge in [-0.15, -0.1) is 0 Å². The summed E-state index contributed by atoms with van der Waals surface area (Å²) in [6.07, 6.45) is 3.58. The fourth-order valence-electron chi connectivity index (χ4n) is 1.01. The Labute approximate surface area is 175 Å². The molecule has 2 N–H and O–H groups in total. The lowest BCUT2D eigenvalue weighted by atomic mass is 10.4. The van der Waals surface area contributed by atoms with E-state index >= 15 is 0 Å². The molecule has 0 aromatic carbocycles. The quantitative estimate of drug-likeness (QED) is 0.129. The zero-order valence-corrected chi connectivity index (χ0v) is 17.1. The summed E-state index contributed by atoms with van der Waals surface area (Å²) in [5.74, 6) is 0. The van der Waals surface area contributed by atoms with Gasteiger partial charge >= 0.3 is 0 Å². The number of hydrogen-bond acceptors (Lipinski definition) is 6. The van der Waals surface area contributed by atoms with Crippen LogP contribution in [0.15, 0.2) is 0 Å². The molecule has 0 radical (unpaired) electrons. The lowest BCUT2D eigenvalue weighted by Gasteiger charge is -2.03. The minimum Gasteiger partial charge on any atom is -0.355 e. The molecule has 158 valence electrons. The molecule has 0 rings (SSSR count). The zero-order valence-electron chi connectivity index (χ0n) is 15.0. The molecule has 7 nitrogen and oxygen atoms in total. The Morgan fingerprint density at radius 3 is 1.92 bits per heavy atom. The second-order valence-corrected chi connectivity index (χ2v) is 4.15. The van der Waals surface area contributed by atoms with Crippen LogP contribution in [-0.2, 0) is 18.9 Å². The highest BCUT2D eigenvalue weighted by atomic mass is 127. The maximum atomic E-state index is 8.10. The molecule has 0 unspecified atom stereocenters.